The maximum atomic E-state index is 13.2. The van der Waals surface area contributed by atoms with Crippen molar-refractivity contribution in [2.24, 2.45) is 15.0 Å². The molecule has 4 fully saturated rings. The number of hydrogen-bond donors (Lipinski definition) is 2. The van der Waals surface area contributed by atoms with E-state index in [0.717, 1.165) is 115 Å². The zero-order valence-electron chi connectivity index (χ0n) is 52.5. The predicted octanol–water partition coefficient (Wildman–Crippen LogP) is 11.8. The Morgan fingerprint density at radius 1 is 0.634 bits per heavy atom. The maximum Gasteiger partial charge on any atom is 0.416 e. The van der Waals surface area contributed by atoms with Crippen molar-refractivity contribution in [2.75, 3.05) is 61.0 Å². The first kappa shape index (κ1) is 64.7. The number of fused-ring (bicyclic) bond motifs is 5. The Bertz CT molecular complexity index is 4150. The van der Waals surface area contributed by atoms with Gasteiger partial charge in [0.05, 0.1) is 48.6 Å². The van der Waals surface area contributed by atoms with Gasteiger partial charge in [-0.1, -0.05) is 56.3 Å². The number of aryl methyl sites for hydroxylation is 3. The number of anilines is 4. The Kier molecular flexibility index (Phi) is 20.0. The van der Waals surface area contributed by atoms with E-state index in [1.165, 1.54) is 80.9 Å². The molecule has 15 rings (SSSR count). The number of hydrogen-bond acceptors (Lipinski definition) is 15. The van der Waals surface area contributed by atoms with E-state index in [9.17, 15) is 32.3 Å². The molecule has 7 aliphatic rings. The first-order chi connectivity index (χ1) is 44.9. The summed E-state index contributed by atoms with van der Waals surface area (Å²) in [6, 6.07) is 30.0. The van der Waals surface area contributed by atoms with Gasteiger partial charge in [0.2, 0.25) is 0 Å². The number of alkyl carbamates (subject to hydrolysis) is 1. The highest BCUT2D eigenvalue weighted by Gasteiger charge is 2.43. The number of pyridine rings is 1. The molecule has 21 nitrogen and oxygen atoms in total. The standard InChI is InChI=1S/C20H17F3N4O3.C17H20N4O4.C14H18N2O.C10H11N.C8H8N2/c1-11-5-14(20(21,22)23)7-17(25-11)27-16(10-30-19(27)29)18(28)26(2)15-4-3-12-8-24-9-13(12)6-15;1-20(16(22)13-10-25-17(23)19-13)12-6-5-11-9-18-21(14(11)8-12)15-4-2-3-7-24-15;1-2-11-6-7-12-10-15-16(13(12)9-11)14-5-3-4-8-17-14;1-2-8-3-4-9-6-11-7-10(9)5-8;9-8-2-1-6-4-10-5-7(6)3-8/h3-8,16H,9-10H2,1-2H3;5-6,8-9,13,15H,2-4,7,10H2,1H3,(H,19,23);6-7,9-10,14H,2-5,8H2,1H3;3-6H,2,7H2,1H3;1-4H,5,9H2/t16-;13-,15?;;;/m00.../s1. The van der Waals surface area contributed by atoms with Crippen molar-refractivity contribution in [3.05, 3.63) is 171 Å². The lowest BCUT2D eigenvalue weighted by Gasteiger charge is -2.26. The van der Waals surface area contributed by atoms with Crippen LogP contribution >= 0.6 is 0 Å². The lowest BCUT2D eigenvalue weighted by molar-refractivity contribution is -0.137. The van der Waals surface area contributed by atoms with E-state index < -0.39 is 41.9 Å². The second kappa shape index (κ2) is 28.8. The summed E-state index contributed by atoms with van der Waals surface area (Å²) in [6.07, 6.45) is 12.1. The largest absolute Gasteiger partial charge is 0.447 e. The number of aromatic nitrogens is 5. The summed E-state index contributed by atoms with van der Waals surface area (Å²) < 4.78 is 64.9. The maximum absolute atomic E-state index is 13.2. The van der Waals surface area contributed by atoms with Crippen LogP contribution < -0.4 is 25.8 Å². The summed E-state index contributed by atoms with van der Waals surface area (Å²) in [6.45, 7) is 9.29. The van der Waals surface area contributed by atoms with Crippen molar-refractivity contribution in [1.29, 1.82) is 0 Å². The van der Waals surface area contributed by atoms with Gasteiger partial charge in [0.15, 0.2) is 18.5 Å². The summed E-state index contributed by atoms with van der Waals surface area (Å²) in [5.74, 6) is -0.999. The number of halogens is 3. The van der Waals surface area contributed by atoms with E-state index in [1.54, 1.807) is 19.3 Å². The molecule has 0 saturated carbocycles. The Morgan fingerprint density at radius 2 is 1.17 bits per heavy atom. The molecule has 5 aromatic carbocycles. The van der Waals surface area contributed by atoms with Crippen LogP contribution in [0.1, 0.15) is 121 Å². The lowest BCUT2D eigenvalue weighted by atomic mass is 10.1. The highest BCUT2D eigenvalue weighted by Crippen LogP contribution is 2.35. The number of carbonyl (C=O) groups is 4. The van der Waals surface area contributed by atoms with E-state index in [2.05, 4.69) is 85.7 Å². The topological polar surface area (TPSA) is 239 Å². The van der Waals surface area contributed by atoms with Crippen LogP contribution in [-0.2, 0) is 67.2 Å². The molecule has 93 heavy (non-hydrogen) atoms. The van der Waals surface area contributed by atoms with E-state index in [0.29, 0.717) is 12.2 Å². The summed E-state index contributed by atoms with van der Waals surface area (Å²) in [4.78, 5) is 69.3. The molecule has 0 bridgehead atoms. The normalized spacial score (nSPS) is 18.9. The SMILES string of the molecule is CCc1ccc2c(c1)CN=C2.CCc1ccc2cnn(C3CCCCO3)c2c1.CN(C(=O)[C@@H]1COC(=O)N1)c1ccc2cnn(C3CCCCO3)c2c1.Cc1cc(C(F)(F)F)cc(N2C(=O)OC[C@H]2C(=O)N(C)c2ccc3c(c2)CN=C3)n1.Nc1ccc2c(c1)CN=C2. The molecule has 7 aliphatic heterocycles. The number of amides is 4. The quantitative estimate of drug-likeness (QED) is 0.128. The van der Waals surface area contributed by atoms with Gasteiger partial charge in [0, 0.05) is 79.5 Å². The highest BCUT2D eigenvalue weighted by atomic mass is 19.4. The van der Waals surface area contributed by atoms with Gasteiger partial charge in [-0.3, -0.25) is 24.6 Å². The Morgan fingerprint density at radius 3 is 1.76 bits per heavy atom. The van der Waals surface area contributed by atoms with Crippen molar-refractivity contribution in [1.82, 2.24) is 29.9 Å². The minimum absolute atomic E-state index is 0.0537. The molecule has 10 heterocycles. The van der Waals surface area contributed by atoms with E-state index in [4.69, 9.17) is 24.7 Å². The first-order valence-electron chi connectivity index (χ1n) is 31.2. The molecule has 3 N–H and O–H groups in total. The fraction of sp³-hybridized carbons (Fsp3) is 0.362. The number of carbonyl (C=O) groups excluding carboxylic acids is 4. The second-order valence-corrected chi connectivity index (χ2v) is 23.4. The summed E-state index contributed by atoms with van der Waals surface area (Å²) >= 11 is 0. The number of nitrogen functional groups attached to an aromatic ring is 1. The van der Waals surface area contributed by atoms with Crippen molar-refractivity contribution in [2.45, 2.75) is 122 Å². The number of rotatable bonds is 9. The number of cyclic esters (lactones) is 2. The highest BCUT2D eigenvalue weighted by molar-refractivity contribution is 6.06. The van der Waals surface area contributed by atoms with Crippen LogP contribution in [-0.4, -0.2) is 120 Å². The van der Waals surface area contributed by atoms with Crippen molar-refractivity contribution in [3.63, 3.8) is 0 Å². The second-order valence-electron chi connectivity index (χ2n) is 23.4. The smallest absolute Gasteiger partial charge is 0.416 e. The van der Waals surface area contributed by atoms with Crippen molar-refractivity contribution >= 4 is 87.3 Å². The number of ether oxygens (including phenoxy) is 4. The first-order valence-corrected chi connectivity index (χ1v) is 31.2. The van der Waals surface area contributed by atoms with Gasteiger partial charge in [-0.05, 0) is 163 Å². The average molecular weight is 1270 g/mol. The Hall–Kier alpha value is -9.81. The van der Waals surface area contributed by atoms with Gasteiger partial charge in [0.1, 0.15) is 25.1 Å². The van der Waals surface area contributed by atoms with E-state index >= 15 is 0 Å². The number of aliphatic imine (C=N–C) groups is 3. The number of nitrogens with one attached hydrogen (secondary N) is 1. The Balaban J connectivity index is 0.000000126. The number of nitrogens with zero attached hydrogens (tertiary/aromatic N) is 11. The van der Waals surface area contributed by atoms with Crippen molar-refractivity contribution in [3.8, 4) is 0 Å². The molecule has 3 aromatic heterocycles. The summed E-state index contributed by atoms with van der Waals surface area (Å²) in [5.41, 5.74) is 18.8. The number of nitrogens with two attached hydrogens (primary N) is 1. The van der Waals surface area contributed by atoms with Crippen LogP contribution in [0, 0.1) is 6.92 Å². The monoisotopic (exact) mass is 1270 g/mol. The molecule has 24 heteroatoms. The Labute approximate surface area is 536 Å². The number of likely N-dealkylation sites (N-methyl/N-ethyl adjacent to an activating group) is 2. The molecule has 0 spiro atoms. The molecule has 8 aromatic rings. The molecule has 0 radical (unpaired) electrons. The zero-order chi connectivity index (χ0) is 65.3. The third-order valence-electron chi connectivity index (χ3n) is 17.0. The third-order valence-corrected chi connectivity index (χ3v) is 17.0. The van der Waals surface area contributed by atoms with Gasteiger partial charge >= 0.3 is 18.4 Å². The van der Waals surface area contributed by atoms with Crippen molar-refractivity contribution < 1.29 is 51.3 Å². The summed E-state index contributed by atoms with van der Waals surface area (Å²) in [7, 11) is 3.22. The fourth-order valence-electron chi connectivity index (χ4n) is 11.7. The number of alkyl halides is 3. The van der Waals surface area contributed by atoms with Gasteiger partial charge < -0.3 is 39.8 Å². The minimum atomic E-state index is -4.62. The fourth-order valence-corrected chi connectivity index (χ4v) is 11.7. The molecule has 484 valence electrons. The van der Waals surface area contributed by atoms with Gasteiger partial charge in [-0.15, -0.1) is 0 Å². The van der Waals surface area contributed by atoms with Gasteiger partial charge in [0.25, 0.3) is 11.8 Å². The molecule has 4 atom stereocenters. The third kappa shape index (κ3) is 15.1. The van der Waals surface area contributed by atoms with Crippen LogP contribution in [0.15, 0.2) is 130 Å². The molecular weight excluding hydrogens is 1200 g/mol. The van der Waals surface area contributed by atoms with Crippen LogP contribution in [0.2, 0.25) is 0 Å². The molecule has 2 unspecified atom stereocenters. The van der Waals surface area contributed by atoms with Crippen LogP contribution in [0.25, 0.3) is 21.8 Å². The molecule has 0 aliphatic carbocycles. The van der Waals surface area contributed by atoms with Gasteiger partial charge in [-0.2, -0.15) is 23.4 Å². The molecule has 4 amide bonds. The van der Waals surface area contributed by atoms with Crippen LogP contribution in [0.4, 0.5) is 45.6 Å². The lowest BCUT2D eigenvalue weighted by Crippen LogP contribution is -2.47. The molecule has 4 saturated heterocycles. The summed E-state index contributed by atoms with van der Waals surface area (Å²) in [5, 5.41) is 13.7. The van der Waals surface area contributed by atoms with Crippen LogP contribution in [0.3, 0.4) is 0 Å². The van der Waals surface area contributed by atoms with E-state index in [1.807, 2.05) is 82.7 Å². The minimum Gasteiger partial charge on any atom is -0.447 e. The van der Waals surface area contributed by atoms with Gasteiger partial charge in [-0.25, -0.2) is 28.8 Å². The average Bonchev–Trinajstić information content (AvgIpc) is 1.79. The predicted molar refractivity (Wildman–Crippen MR) is 350 cm³/mol. The van der Waals surface area contributed by atoms with E-state index in [-0.39, 0.29) is 43.1 Å². The zero-order valence-corrected chi connectivity index (χ0v) is 52.5. The molecular formula is C69H74F3N13O8. The number of benzene rings is 5. The van der Waals surface area contributed by atoms with Crippen LogP contribution in [0.5, 0.6) is 0 Å².